The Morgan fingerprint density at radius 2 is 1.76 bits per heavy atom. The van der Waals surface area contributed by atoms with Gasteiger partial charge in [0.05, 0.1) is 10.2 Å². The number of aromatic nitrogens is 1. The van der Waals surface area contributed by atoms with Gasteiger partial charge in [0, 0.05) is 19.6 Å². The van der Waals surface area contributed by atoms with Crippen molar-refractivity contribution in [1.29, 1.82) is 0 Å². The van der Waals surface area contributed by atoms with Gasteiger partial charge in [-0.2, -0.15) is 0 Å². The molecule has 1 aromatic carbocycles. The Bertz CT molecular complexity index is 841. The molecule has 0 aliphatic carbocycles. The van der Waals surface area contributed by atoms with Crippen molar-refractivity contribution in [3.8, 4) is 0 Å². The summed E-state index contributed by atoms with van der Waals surface area (Å²) in [5.41, 5.74) is 3.37. The smallest absolute Gasteiger partial charge is 0.270 e. The van der Waals surface area contributed by atoms with E-state index in [1.165, 1.54) is 28.6 Å². The van der Waals surface area contributed by atoms with Crippen molar-refractivity contribution in [2.24, 2.45) is 0 Å². The van der Waals surface area contributed by atoms with Gasteiger partial charge in [0.2, 0.25) is 0 Å². The standard InChI is InChI=1S/C21H24N2OS/c24-21(22-12-6-1-2-7-13-22)19-16-20-18(11-15-25-20)23(19)14-10-17-8-4-3-5-9-17/h3-5,8-9,11,15-16H,1-2,6-7,10,12-14H2. The van der Waals surface area contributed by atoms with Gasteiger partial charge >= 0.3 is 0 Å². The minimum Gasteiger partial charge on any atom is -0.337 e. The van der Waals surface area contributed by atoms with E-state index in [0.29, 0.717) is 0 Å². The SMILES string of the molecule is O=C(c1cc2sccc2n1CCc1ccccc1)N1CCCCCC1. The first-order valence-corrected chi connectivity index (χ1v) is 10.1. The highest BCUT2D eigenvalue weighted by atomic mass is 32.1. The lowest BCUT2D eigenvalue weighted by atomic mass is 10.1. The summed E-state index contributed by atoms with van der Waals surface area (Å²) in [6, 6.07) is 14.8. The molecule has 1 aliphatic heterocycles. The molecule has 4 heteroatoms. The summed E-state index contributed by atoms with van der Waals surface area (Å²) >= 11 is 1.72. The third-order valence-electron chi connectivity index (χ3n) is 5.10. The van der Waals surface area contributed by atoms with Crippen LogP contribution in [0.15, 0.2) is 47.8 Å². The Hall–Kier alpha value is -2.07. The zero-order chi connectivity index (χ0) is 17.1. The van der Waals surface area contributed by atoms with Crippen LogP contribution in [0.3, 0.4) is 0 Å². The van der Waals surface area contributed by atoms with Crippen LogP contribution in [0.1, 0.15) is 41.7 Å². The molecule has 3 nitrogen and oxygen atoms in total. The second-order valence-corrected chi connectivity index (χ2v) is 7.74. The van der Waals surface area contributed by atoms with Gasteiger partial charge in [-0.1, -0.05) is 43.2 Å². The number of hydrogen-bond donors (Lipinski definition) is 0. The van der Waals surface area contributed by atoms with E-state index in [2.05, 4.69) is 51.2 Å². The molecule has 2 aromatic heterocycles. The lowest BCUT2D eigenvalue weighted by Gasteiger charge is -2.21. The summed E-state index contributed by atoms with van der Waals surface area (Å²) in [6.07, 6.45) is 5.69. The molecule has 0 radical (unpaired) electrons. The summed E-state index contributed by atoms with van der Waals surface area (Å²) < 4.78 is 3.44. The molecule has 0 unspecified atom stereocenters. The maximum atomic E-state index is 13.2. The Morgan fingerprint density at radius 1 is 1.00 bits per heavy atom. The summed E-state index contributed by atoms with van der Waals surface area (Å²) in [5.74, 6) is 0.207. The number of nitrogens with zero attached hydrogens (tertiary/aromatic N) is 2. The van der Waals surface area contributed by atoms with Crippen LogP contribution in [0, 0.1) is 0 Å². The number of amides is 1. The first kappa shape index (κ1) is 16.4. The summed E-state index contributed by atoms with van der Waals surface area (Å²) in [4.78, 5) is 15.2. The van der Waals surface area contributed by atoms with E-state index < -0.39 is 0 Å². The zero-order valence-electron chi connectivity index (χ0n) is 14.5. The fourth-order valence-electron chi connectivity index (χ4n) is 3.72. The highest BCUT2D eigenvalue weighted by Crippen LogP contribution is 2.27. The van der Waals surface area contributed by atoms with Crippen LogP contribution in [0.2, 0.25) is 0 Å². The summed E-state index contributed by atoms with van der Waals surface area (Å²) in [7, 11) is 0. The normalized spacial score (nSPS) is 15.4. The van der Waals surface area contributed by atoms with E-state index in [1.54, 1.807) is 11.3 Å². The van der Waals surface area contributed by atoms with Crippen molar-refractivity contribution < 1.29 is 4.79 Å². The quantitative estimate of drug-likeness (QED) is 0.651. The predicted molar refractivity (Wildman–Crippen MR) is 104 cm³/mol. The largest absolute Gasteiger partial charge is 0.337 e. The molecule has 25 heavy (non-hydrogen) atoms. The molecule has 1 saturated heterocycles. The highest BCUT2D eigenvalue weighted by Gasteiger charge is 2.22. The number of fused-ring (bicyclic) bond motifs is 1. The molecular formula is C21H24N2OS. The van der Waals surface area contributed by atoms with Crippen LogP contribution in [0.5, 0.6) is 0 Å². The van der Waals surface area contributed by atoms with Crippen molar-refractivity contribution >= 4 is 27.5 Å². The van der Waals surface area contributed by atoms with Gasteiger partial charge in [0.1, 0.15) is 5.69 Å². The Labute approximate surface area is 152 Å². The molecule has 3 aromatic rings. The molecule has 1 fully saturated rings. The molecule has 130 valence electrons. The maximum absolute atomic E-state index is 13.2. The molecule has 0 bridgehead atoms. The highest BCUT2D eigenvalue weighted by molar-refractivity contribution is 7.17. The summed E-state index contributed by atoms with van der Waals surface area (Å²) in [5, 5.41) is 2.11. The molecule has 3 heterocycles. The van der Waals surface area contributed by atoms with Crippen molar-refractivity contribution in [3.63, 3.8) is 0 Å². The second kappa shape index (κ2) is 7.44. The molecule has 0 N–H and O–H groups in total. The third kappa shape index (κ3) is 3.49. The Morgan fingerprint density at radius 3 is 2.52 bits per heavy atom. The lowest BCUT2D eigenvalue weighted by molar-refractivity contribution is 0.0751. The van der Waals surface area contributed by atoms with Crippen LogP contribution in [-0.2, 0) is 13.0 Å². The molecule has 1 aliphatic rings. The van der Waals surface area contributed by atoms with Crippen LogP contribution in [0.25, 0.3) is 10.2 Å². The number of hydrogen-bond acceptors (Lipinski definition) is 2. The van der Waals surface area contributed by atoms with Gasteiger partial charge in [-0.3, -0.25) is 4.79 Å². The molecule has 1 amide bonds. The Kier molecular flexibility index (Phi) is 4.88. The van der Waals surface area contributed by atoms with E-state index in [-0.39, 0.29) is 5.91 Å². The predicted octanol–water partition coefficient (Wildman–Crippen LogP) is 4.96. The van der Waals surface area contributed by atoms with Gasteiger partial charge in [-0.15, -0.1) is 11.3 Å². The maximum Gasteiger partial charge on any atom is 0.270 e. The lowest BCUT2D eigenvalue weighted by Crippen LogP contribution is -2.33. The zero-order valence-corrected chi connectivity index (χ0v) is 15.3. The van der Waals surface area contributed by atoms with E-state index in [1.807, 2.05) is 6.07 Å². The van der Waals surface area contributed by atoms with Crippen LogP contribution in [-0.4, -0.2) is 28.5 Å². The van der Waals surface area contributed by atoms with E-state index in [9.17, 15) is 4.79 Å². The van der Waals surface area contributed by atoms with Crippen LogP contribution >= 0.6 is 11.3 Å². The average Bonchev–Trinajstić information content (AvgIpc) is 3.11. The van der Waals surface area contributed by atoms with Crippen LogP contribution < -0.4 is 0 Å². The average molecular weight is 353 g/mol. The topological polar surface area (TPSA) is 25.2 Å². The van der Waals surface area contributed by atoms with Gasteiger partial charge < -0.3 is 9.47 Å². The number of thiophene rings is 1. The van der Waals surface area contributed by atoms with Gasteiger partial charge in [-0.05, 0) is 42.3 Å². The number of rotatable bonds is 4. The molecule has 4 rings (SSSR count). The number of carbonyl (C=O) groups is 1. The van der Waals surface area contributed by atoms with Gasteiger partial charge in [0.25, 0.3) is 5.91 Å². The van der Waals surface area contributed by atoms with Crippen molar-refractivity contribution in [2.45, 2.75) is 38.6 Å². The molecule has 0 spiro atoms. The number of likely N-dealkylation sites (tertiary alicyclic amines) is 1. The fourth-order valence-corrected chi connectivity index (χ4v) is 4.54. The summed E-state index contributed by atoms with van der Waals surface area (Å²) in [6.45, 7) is 2.64. The number of benzene rings is 1. The minimum atomic E-state index is 0.207. The van der Waals surface area contributed by atoms with Gasteiger partial charge in [-0.25, -0.2) is 0 Å². The second-order valence-electron chi connectivity index (χ2n) is 6.79. The molecule has 0 saturated carbocycles. The molecular weight excluding hydrogens is 328 g/mol. The van der Waals surface area contributed by atoms with Crippen molar-refractivity contribution in [1.82, 2.24) is 9.47 Å². The minimum absolute atomic E-state index is 0.207. The third-order valence-corrected chi connectivity index (χ3v) is 5.96. The van der Waals surface area contributed by atoms with E-state index in [0.717, 1.165) is 44.6 Å². The first-order valence-electron chi connectivity index (χ1n) is 9.23. The number of carbonyl (C=O) groups excluding carboxylic acids is 1. The first-order chi connectivity index (χ1) is 12.3. The Balaban J connectivity index is 1.61. The number of aryl methyl sites for hydroxylation is 2. The van der Waals surface area contributed by atoms with E-state index >= 15 is 0 Å². The van der Waals surface area contributed by atoms with Crippen molar-refractivity contribution in [3.05, 3.63) is 59.1 Å². The van der Waals surface area contributed by atoms with Gasteiger partial charge in [0.15, 0.2) is 0 Å². The van der Waals surface area contributed by atoms with Crippen molar-refractivity contribution in [2.75, 3.05) is 13.1 Å². The van der Waals surface area contributed by atoms with E-state index in [4.69, 9.17) is 0 Å². The van der Waals surface area contributed by atoms with Crippen LogP contribution in [0.4, 0.5) is 0 Å². The fraction of sp³-hybridized carbons (Fsp3) is 0.381. The molecule has 0 atom stereocenters. The monoisotopic (exact) mass is 352 g/mol.